The molecule has 3 N–H and O–H groups in total. The standard InChI is InChI=1S/C12H9BrClFN2/c13-7-4-5-10(16)11(6-7)17-12-8(14)2-1-3-9(12)15/h1-6,17H,16H2. The second-order valence-electron chi connectivity index (χ2n) is 3.45. The van der Waals surface area contributed by atoms with Crippen molar-refractivity contribution < 1.29 is 4.39 Å². The van der Waals surface area contributed by atoms with Gasteiger partial charge in [0.2, 0.25) is 0 Å². The summed E-state index contributed by atoms with van der Waals surface area (Å²) in [6.45, 7) is 0. The van der Waals surface area contributed by atoms with E-state index in [1.807, 2.05) is 6.07 Å². The van der Waals surface area contributed by atoms with Crippen molar-refractivity contribution in [3.63, 3.8) is 0 Å². The number of anilines is 3. The Balaban J connectivity index is 2.41. The normalized spacial score (nSPS) is 10.3. The number of hydrogen-bond acceptors (Lipinski definition) is 2. The minimum atomic E-state index is -0.420. The molecule has 88 valence electrons. The van der Waals surface area contributed by atoms with E-state index < -0.39 is 5.82 Å². The van der Waals surface area contributed by atoms with E-state index in [2.05, 4.69) is 21.2 Å². The topological polar surface area (TPSA) is 38.0 Å². The first-order chi connectivity index (χ1) is 8.08. The third kappa shape index (κ3) is 2.70. The lowest BCUT2D eigenvalue weighted by atomic mass is 10.2. The third-order valence-electron chi connectivity index (χ3n) is 2.24. The highest BCUT2D eigenvalue weighted by atomic mass is 79.9. The Morgan fingerprint density at radius 2 is 2.00 bits per heavy atom. The Morgan fingerprint density at radius 3 is 2.71 bits per heavy atom. The van der Waals surface area contributed by atoms with Gasteiger partial charge in [-0.3, -0.25) is 0 Å². The molecule has 0 amide bonds. The Bertz CT molecular complexity index is 540. The SMILES string of the molecule is Nc1ccc(Br)cc1Nc1c(F)cccc1Cl. The third-order valence-corrected chi connectivity index (χ3v) is 3.05. The van der Waals surface area contributed by atoms with Crippen LogP contribution in [0, 0.1) is 5.82 Å². The van der Waals surface area contributed by atoms with Gasteiger partial charge in [-0.25, -0.2) is 4.39 Å². The van der Waals surface area contributed by atoms with E-state index in [1.165, 1.54) is 6.07 Å². The number of halogens is 3. The van der Waals surface area contributed by atoms with Gasteiger partial charge in [0.25, 0.3) is 0 Å². The average Bonchev–Trinajstić information content (AvgIpc) is 2.28. The van der Waals surface area contributed by atoms with Crippen LogP contribution in [0.3, 0.4) is 0 Å². The summed E-state index contributed by atoms with van der Waals surface area (Å²) in [5, 5.41) is 3.20. The van der Waals surface area contributed by atoms with Gasteiger partial charge in [-0.15, -0.1) is 0 Å². The van der Waals surface area contributed by atoms with Gasteiger partial charge in [-0.05, 0) is 30.3 Å². The zero-order valence-electron chi connectivity index (χ0n) is 8.68. The number of nitrogens with two attached hydrogens (primary N) is 1. The Morgan fingerprint density at radius 1 is 1.24 bits per heavy atom. The van der Waals surface area contributed by atoms with Crippen LogP contribution < -0.4 is 11.1 Å². The summed E-state index contributed by atoms with van der Waals surface area (Å²) < 4.78 is 14.4. The minimum Gasteiger partial charge on any atom is -0.397 e. The fourth-order valence-corrected chi connectivity index (χ4v) is 1.96. The molecule has 0 unspecified atom stereocenters. The monoisotopic (exact) mass is 314 g/mol. The van der Waals surface area contributed by atoms with Crippen molar-refractivity contribution >= 4 is 44.6 Å². The van der Waals surface area contributed by atoms with Gasteiger partial charge in [0, 0.05) is 4.47 Å². The Hall–Kier alpha value is -1.26. The van der Waals surface area contributed by atoms with Gasteiger partial charge in [0.1, 0.15) is 5.82 Å². The largest absolute Gasteiger partial charge is 0.397 e. The van der Waals surface area contributed by atoms with Crippen molar-refractivity contribution in [2.75, 3.05) is 11.1 Å². The van der Waals surface area contributed by atoms with Crippen LogP contribution in [-0.4, -0.2) is 0 Å². The van der Waals surface area contributed by atoms with Crippen molar-refractivity contribution in [3.8, 4) is 0 Å². The van der Waals surface area contributed by atoms with E-state index in [0.29, 0.717) is 16.4 Å². The van der Waals surface area contributed by atoms with E-state index in [1.54, 1.807) is 24.3 Å². The molecule has 17 heavy (non-hydrogen) atoms. The Labute approximate surface area is 112 Å². The highest BCUT2D eigenvalue weighted by Gasteiger charge is 2.08. The van der Waals surface area contributed by atoms with Crippen LogP contribution in [0.4, 0.5) is 21.5 Å². The van der Waals surface area contributed by atoms with Crippen LogP contribution in [0.25, 0.3) is 0 Å². The lowest BCUT2D eigenvalue weighted by Crippen LogP contribution is -1.98. The summed E-state index contributed by atoms with van der Waals surface area (Å²) in [5.74, 6) is -0.420. The molecule has 0 bridgehead atoms. The first kappa shape index (κ1) is 12.2. The molecule has 0 atom stereocenters. The second-order valence-corrected chi connectivity index (χ2v) is 4.78. The fourth-order valence-electron chi connectivity index (χ4n) is 1.39. The molecule has 5 heteroatoms. The van der Waals surface area contributed by atoms with Gasteiger partial charge in [0.15, 0.2) is 0 Å². The molecule has 0 saturated heterocycles. The molecule has 0 saturated carbocycles. The molecule has 0 fully saturated rings. The molecule has 2 nitrogen and oxygen atoms in total. The lowest BCUT2D eigenvalue weighted by Gasteiger charge is -2.11. The highest BCUT2D eigenvalue weighted by Crippen LogP contribution is 2.32. The maximum Gasteiger partial charge on any atom is 0.148 e. The summed E-state index contributed by atoms with van der Waals surface area (Å²) in [7, 11) is 0. The van der Waals surface area contributed by atoms with E-state index in [-0.39, 0.29) is 5.69 Å². The van der Waals surface area contributed by atoms with E-state index in [9.17, 15) is 4.39 Å². The van der Waals surface area contributed by atoms with E-state index in [4.69, 9.17) is 17.3 Å². The molecule has 0 aliphatic rings. The molecule has 0 aliphatic heterocycles. The van der Waals surface area contributed by atoms with Crippen LogP contribution in [0.15, 0.2) is 40.9 Å². The van der Waals surface area contributed by atoms with E-state index in [0.717, 1.165) is 4.47 Å². The van der Waals surface area contributed by atoms with Gasteiger partial charge in [-0.2, -0.15) is 0 Å². The number of nitrogens with one attached hydrogen (secondary N) is 1. The number of rotatable bonds is 2. The van der Waals surface area contributed by atoms with Crippen LogP contribution in [0.2, 0.25) is 5.02 Å². The summed E-state index contributed by atoms with van der Waals surface area (Å²) >= 11 is 9.24. The van der Waals surface area contributed by atoms with Gasteiger partial charge >= 0.3 is 0 Å². The molecule has 0 heterocycles. The summed E-state index contributed by atoms with van der Waals surface area (Å²) in [5.41, 5.74) is 7.13. The van der Waals surface area contributed by atoms with Crippen molar-refractivity contribution in [1.29, 1.82) is 0 Å². The van der Waals surface area contributed by atoms with Crippen LogP contribution in [-0.2, 0) is 0 Å². The smallest absolute Gasteiger partial charge is 0.148 e. The molecule has 0 radical (unpaired) electrons. The van der Waals surface area contributed by atoms with Crippen LogP contribution in [0.1, 0.15) is 0 Å². The average molecular weight is 316 g/mol. The van der Waals surface area contributed by atoms with Gasteiger partial charge < -0.3 is 11.1 Å². The van der Waals surface area contributed by atoms with Crippen molar-refractivity contribution in [3.05, 3.63) is 51.7 Å². The van der Waals surface area contributed by atoms with Gasteiger partial charge in [0.05, 0.1) is 22.1 Å². The predicted octanol–water partition coefficient (Wildman–Crippen LogP) is 4.57. The van der Waals surface area contributed by atoms with Crippen molar-refractivity contribution in [2.45, 2.75) is 0 Å². The van der Waals surface area contributed by atoms with Crippen molar-refractivity contribution in [1.82, 2.24) is 0 Å². The summed E-state index contributed by atoms with van der Waals surface area (Å²) in [6, 6.07) is 9.79. The molecule has 2 aromatic rings. The zero-order valence-corrected chi connectivity index (χ0v) is 11.0. The minimum absolute atomic E-state index is 0.221. The predicted molar refractivity (Wildman–Crippen MR) is 73.2 cm³/mol. The molecule has 2 rings (SSSR count). The molecule has 0 aliphatic carbocycles. The maximum atomic E-state index is 13.6. The first-order valence-corrected chi connectivity index (χ1v) is 6.01. The molecular formula is C12H9BrClFN2. The first-order valence-electron chi connectivity index (χ1n) is 4.84. The molecule has 2 aromatic carbocycles. The Kier molecular flexibility index (Phi) is 3.54. The molecule has 0 aromatic heterocycles. The van der Waals surface area contributed by atoms with Crippen molar-refractivity contribution in [2.24, 2.45) is 0 Å². The molecule has 0 spiro atoms. The van der Waals surface area contributed by atoms with Gasteiger partial charge in [-0.1, -0.05) is 33.6 Å². The number of para-hydroxylation sites is 1. The number of benzene rings is 2. The second kappa shape index (κ2) is 4.94. The maximum absolute atomic E-state index is 13.6. The number of nitrogen functional groups attached to an aromatic ring is 1. The molecular weight excluding hydrogens is 307 g/mol. The highest BCUT2D eigenvalue weighted by molar-refractivity contribution is 9.10. The lowest BCUT2D eigenvalue weighted by molar-refractivity contribution is 0.632. The van der Waals surface area contributed by atoms with Crippen LogP contribution >= 0.6 is 27.5 Å². The fraction of sp³-hybridized carbons (Fsp3) is 0. The van der Waals surface area contributed by atoms with Crippen LogP contribution in [0.5, 0.6) is 0 Å². The zero-order chi connectivity index (χ0) is 12.4. The van der Waals surface area contributed by atoms with E-state index >= 15 is 0 Å². The quantitative estimate of drug-likeness (QED) is 0.797. The summed E-state index contributed by atoms with van der Waals surface area (Å²) in [6.07, 6.45) is 0. The summed E-state index contributed by atoms with van der Waals surface area (Å²) in [4.78, 5) is 0. The number of hydrogen-bond donors (Lipinski definition) is 2.